The maximum Gasteiger partial charge on any atom is 0.326 e. The molecule has 0 aliphatic rings. The maximum atomic E-state index is 12.8. The van der Waals surface area contributed by atoms with Crippen molar-refractivity contribution in [1.29, 1.82) is 0 Å². The van der Waals surface area contributed by atoms with Crippen LogP contribution >= 0.6 is 0 Å². The van der Waals surface area contributed by atoms with E-state index in [2.05, 4.69) is 16.0 Å². The van der Waals surface area contributed by atoms with Crippen LogP contribution < -0.4 is 33.2 Å². The Labute approximate surface area is 194 Å². The summed E-state index contributed by atoms with van der Waals surface area (Å²) >= 11 is 0. The van der Waals surface area contributed by atoms with E-state index in [1.807, 2.05) is 0 Å². The average Bonchev–Trinajstić information content (AvgIpc) is 2.74. The Bertz CT molecular complexity index is 920. The molecule has 34 heavy (non-hydrogen) atoms. The van der Waals surface area contributed by atoms with Crippen LogP contribution in [0, 0.1) is 0 Å². The summed E-state index contributed by atoms with van der Waals surface area (Å²) in [7, 11) is 0. The molecule has 0 aliphatic carbocycles. The van der Waals surface area contributed by atoms with E-state index in [1.54, 1.807) is 0 Å². The number of hydrogen-bond acceptors (Lipinski definition) is 8. The third-order valence-electron chi connectivity index (χ3n) is 4.50. The second kappa shape index (κ2) is 13.4. The van der Waals surface area contributed by atoms with Gasteiger partial charge in [-0.05, 0) is 24.1 Å². The van der Waals surface area contributed by atoms with Crippen molar-refractivity contribution in [3.8, 4) is 5.75 Å². The molecular weight excluding hydrogens is 452 g/mol. The minimum atomic E-state index is -1.44. The molecule has 0 aromatic heterocycles. The first-order valence-corrected chi connectivity index (χ1v) is 10.1. The largest absolute Gasteiger partial charge is 0.508 e. The Balaban J connectivity index is 2.89. The van der Waals surface area contributed by atoms with E-state index in [-0.39, 0.29) is 25.0 Å². The Morgan fingerprint density at radius 3 is 2.03 bits per heavy atom. The van der Waals surface area contributed by atoms with Crippen LogP contribution in [0.3, 0.4) is 0 Å². The van der Waals surface area contributed by atoms with Crippen molar-refractivity contribution in [2.24, 2.45) is 17.2 Å². The highest BCUT2D eigenvalue weighted by atomic mass is 16.4. The molecule has 1 rings (SSSR count). The number of amides is 5. The normalized spacial score (nSPS) is 13.1. The Kier molecular flexibility index (Phi) is 10.9. The molecule has 3 unspecified atom stereocenters. The molecule has 5 amide bonds. The maximum absolute atomic E-state index is 12.8. The van der Waals surface area contributed by atoms with Gasteiger partial charge in [0.05, 0.1) is 19.0 Å². The molecule has 0 radical (unpaired) electrons. The fourth-order valence-electron chi connectivity index (χ4n) is 2.75. The van der Waals surface area contributed by atoms with Crippen molar-refractivity contribution >= 4 is 35.5 Å². The number of primary amides is 2. The summed E-state index contributed by atoms with van der Waals surface area (Å²) in [6.07, 6.45) is -1.07. The lowest BCUT2D eigenvalue weighted by molar-refractivity contribution is -0.142. The first-order valence-electron chi connectivity index (χ1n) is 10.1. The number of benzene rings is 1. The number of carboxylic acids is 1. The quantitative estimate of drug-likeness (QED) is 0.132. The summed E-state index contributed by atoms with van der Waals surface area (Å²) in [6.45, 7) is -0.589. The standard InChI is InChI=1S/C20H28N6O8/c21-12(8-16(23)29)18(31)24-9-17(30)25-14(7-10-1-3-11(27)4-2-10)19(32)26-13(20(33)34)5-6-15(22)28/h1-4,12-14,27H,5-9,21H2,(H2,22,28)(H2,23,29)(H,24,31)(H,25,30)(H,26,32)(H,33,34). The lowest BCUT2D eigenvalue weighted by atomic mass is 10.0. The highest BCUT2D eigenvalue weighted by Crippen LogP contribution is 2.12. The number of aromatic hydroxyl groups is 1. The minimum Gasteiger partial charge on any atom is -0.508 e. The summed E-state index contributed by atoms with van der Waals surface area (Å²) in [5.41, 5.74) is 16.0. The number of rotatable bonds is 14. The Hall–Kier alpha value is -4.20. The summed E-state index contributed by atoms with van der Waals surface area (Å²) in [5.74, 6) is -5.47. The van der Waals surface area contributed by atoms with Crippen molar-refractivity contribution in [3.63, 3.8) is 0 Å². The Morgan fingerprint density at radius 2 is 1.50 bits per heavy atom. The number of phenolic OH excluding ortho intramolecular Hbond substituents is 1. The van der Waals surface area contributed by atoms with Crippen molar-refractivity contribution in [2.45, 2.75) is 43.8 Å². The molecule has 14 heteroatoms. The van der Waals surface area contributed by atoms with Gasteiger partial charge in [-0.15, -0.1) is 0 Å². The fourth-order valence-corrected chi connectivity index (χ4v) is 2.75. The molecule has 3 atom stereocenters. The monoisotopic (exact) mass is 480 g/mol. The molecule has 0 spiro atoms. The summed E-state index contributed by atoms with van der Waals surface area (Å²) < 4.78 is 0. The molecule has 0 saturated carbocycles. The molecule has 0 saturated heterocycles. The van der Waals surface area contributed by atoms with Gasteiger partial charge >= 0.3 is 5.97 Å². The number of nitrogens with two attached hydrogens (primary N) is 3. The van der Waals surface area contributed by atoms with Crippen molar-refractivity contribution in [2.75, 3.05) is 6.54 Å². The van der Waals surface area contributed by atoms with Gasteiger partial charge in [0.25, 0.3) is 0 Å². The van der Waals surface area contributed by atoms with Crippen molar-refractivity contribution < 1.29 is 39.0 Å². The second-order valence-corrected chi connectivity index (χ2v) is 7.39. The van der Waals surface area contributed by atoms with Crippen LogP contribution in [0.15, 0.2) is 24.3 Å². The van der Waals surface area contributed by atoms with Gasteiger partial charge in [0.15, 0.2) is 0 Å². The van der Waals surface area contributed by atoms with Crippen LogP contribution in [0.4, 0.5) is 0 Å². The molecule has 1 aromatic rings. The molecule has 0 bridgehead atoms. The molecule has 186 valence electrons. The van der Waals surface area contributed by atoms with E-state index in [0.29, 0.717) is 5.56 Å². The molecule has 0 aliphatic heterocycles. The highest BCUT2D eigenvalue weighted by molar-refractivity contribution is 5.93. The van der Waals surface area contributed by atoms with Crippen LogP contribution in [0.1, 0.15) is 24.8 Å². The van der Waals surface area contributed by atoms with E-state index in [0.717, 1.165) is 0 Å². The molecule has 0 fully saturated rings. The van der Waals surface area contributed by atoms with E-state index < -0.39 is 66.6 Å². The summed E-state index contributed by atoms with van der Waals surface area (Å²) in [4.78, 5) is 70.2. The number of carbonyl (C=O) groups excluding carboxylic acids is 5. The van der Waals surface area contributed by atoms with E-state index in [1.165, 1.54) is 24.3 Å². The molecular formula is C20H28N6O8. The lowest BCUT2D eigenvalue weighted by Gasteiger charge is -2.22. The van der Waals surface area contributed by atoms with E-state index in [4.69, 9.17) is 17.2 Å². The van der Waals surface area contributed by atoms with Crippen LogP contribution in [-0.2, 0) is 35.2 Å². The van der Waals surface area contributed by atoms with Gasteiger partial charge in [0, 0.05) is 12.8 Å². The molecule has 14 nitrogen and oxygen atoms in total. The number of nitrogens with one attached hydrogen (secondary N) is 3. The van der Waals surface area contributed by atoms with Gasteiger partial charge in [-0.1, -0.05) is 12.1 Å². The topological polar surface area (TPSA) is 257 Å². The number of aliphatic carboxylic acids is 1. The third kappa shape index (κ3) is 10.4. The lowest BCUT2D eigenvalue weighted by Crippen LogP contribution is -2.54. The number of phenols is 1. The molecule has 11 N–H and O–H groups in total. The zero-order chi connectivity index (χ0) is 25.8. The van der Waals surface area contributed by atoms with Crippen LogP contribution in [-0.4, -0.2) is 70.4 Å². The van der Waals surface area contributed by atoms with E-state index in [9.17, 15) is 39.0 Å². The van der Waals surface area contributed by atoms with Gasteiger partial charge in [-0.25, -0.2) is 4.79 Å². The smallest absolute Gasteiger partial charge is 0.326 e. The number of carbonyl (C=O) groups is 6. The SMILES string of the molecule is NC(=O)CCC(NC(=O)C(Cc1ccc(O)cc1)NC(=O)CNC(=O)C(N)CC(N)=O)C(=O)O. The molecule has 1 aromatic carbocycles. The zero-order valence-electron chi connectivity index (χ0n) is 18.2. The van der Waals surface area contributed by atoms with E-state index >= 15 is 0 Å². The van der Waals surface area contributed by atoms with Gasteiger partial charge in [-0.2, -0.15) is 0 Å². The van der Waals surface area contributed by atoms with Crippen LogP contribution in [0.2, 0.25) is 0 Å². The second-order valence-electron chi connectivity index (χ2n) is 7.39. The van der Waals surface area contributed by atoms with Gasteiger partial charge in [0.2, 0.25) is 29.5 Å². The Morgan fingerprint density at radius 1 is 0.882 bits per heavy atom. The van der Waals surface area contributed by atoms with Crippen molar-refractivity contribution in [3.05, 3.63) is 29.8 Å². The van der Waals surface area contributed by atoms with Gasteiger partial charge < -0.3 is 43.4 Å². The summed E-state index contributed by atoms with van der Waals surface area (Å²) in [6, 6.07) is 1.73. The fraction of sp³-hybridized carbons (Fsp3) is 0.400. The first-order chi connectivity index (χ1) is 15.9. The molecule has 0 heterocycles. The van der Waals surface area contributed by atoms with Crippen LogP contribution in [0.25, 0.3) is 0 Å². The summed E-state index contributed by atoms with van der Waals surface area (Å²) in [5, 5.41) is 25.5. The number of carboxylic acid groups (broad SMARTS) is 1. The van der Waals surface area contributed by atoms with Gasteiger partial charge in [0.1, 0.15) is 17.8 Å². The highest BCUT2D eigenvalue weighted by Gasteiger charge is 2.27. The van der Waals surface area contributed by atoms with Crippen molar-refractivity contribution in [1.82, 2.24) is 16.0 Å². The first kappa shape index (κ1) is 27.8. The number of hydrogen-bond donors (Lipinski definition) is 8. The van der Waals surface area contributed by atoms with Crippen LogP contribution in [0.5, 0.6) is 5.75 Å². The predicted molar refractivity (Wildman–Crippen MR) is 117 cm³/mol. The average molecular weight is 480 g/mol. The zero-order valence-corrected chi connectivity index (χ0v) is 18.2. The minimum absolute atomic E-state index is 0.0267. The van der Waals surface area contributed by atoms with Gasteiger partial charge in [-0.3, -0.25) is 24.0 Å². The third-order valence-corrected chi connectivity index (χ3v) is 4.50. The predicted octanol–water partition coefficient (Wildman–Crippen LogP) is -3.43.